The van der Waals surface area contributed by atoms with Crippen LogP contribution in [0.4, 0.5) is 10.1 Å². The SMILES string of the molecule is CCOC(=O)C1CCCC(Nc2ccc(O)c(F)c2)C1. The molecule has 0 aromatic heterocycles. The van der Waals surface area contributed by atoms with Crippen molar-refractivity contribution < 1.29 is 19.0 Å². The lowest BCUT2D eigenvalue weighted by Crippen LogP contribution is -2.32. The standard InChI is InChI=1S/C15H20FNO3/c1-2-20-15(19)10-4-3-5-11(8-10)17-12-6-7-14(18)13(16)9-12/h6-7,9-11,17-18H,2-5,8H2,1H3. The summed E-state index contributed by atoms with van der Waals surface area (Å²) in [6, 6.07) is 4.35. The average Bonchev–Trinajstić information content (AvgIpc) is 2.43. The van der Waals surface area contributed by atoms with Crippen LogP contribution in [0.3, 0.4) is 0 Å². The van der Waals surface area contributed by atoms with Gasteiger partial charge in [0.25, 0.3) is 0 Å². The molecule has 1 aliphatic carbocycles. The van der Waals surface area contributed by atoms with Gasteiger partial charge in [0.15, 0.2) is 11.6 Å². The number of carbonyl (C=O) groups excluding carboxylic acids is 1. The fourth-order valence-electron chi connectivity index (χ4n) is 2.63. The summed E-state index contributed by atoms with van der Waals surface area (Å²) in [5.41, 5.74) is 0.620. The van der Waals surface area contributed by atoms with Gasteiger partial charge in [0.1, 0.15) is 0 Å². The van der Waals surface area contributed by atoms with Crippen LogP contribution in [0.1, 0.15) is 32.6 Å². The Morgan fingerprint density at radius 1 is 1.50 bits per heavy atom. The number of nitrogens with one attached hydrogen (secondary N) is 1. The molecule has 0 spiro atoms. The molecule has 2 rings (SSSR count). The number of rotatable bonds is 4. The topological polar surface area (TPSA) is 58.6 Å². The van der Waals surface area contributed by atoms with Gasteiger partial charge in [-0.05, 0) is 38.3 Å². The van der Waals surface area contributed by atoms with Gasteiger partial charge in [-0.25, -0.2) is 4.39 Å². The zero-order chi connectivity index (χ0) is 14.5. The average molecular weight is 281 g/mol. The lowest BCUT2D eigenvalue weighted by atomic mass is 9.85. The van der Waals surface area contributed by atoms with E-state index in [-0.39, 0.29) is 23.7 Å². The zero-order valence-corrected chi connectivity index (χ0v) is 11.6. The number of ether oxygens (including phenoxy) is 1. The van der Waals surface area contributed by atoms with Crippen LogP contribution in [-0.4, -0.2) is 23.7 Å². The van der Waals surface area contributed by atoms with Crippen LogP contribution in [-0.2, 0) is 9.53 Å². The molecule has 1 aromatic carbocycles. The van der Waals surface area contributed by atoms with Crippen molar-refractivity contribution in [2.75, 3.05) is 11.9 Å². The Morgan fingerprint density at radius 2 is 2.30 bits per heavy atom. The Morgan fingerprint density at radius 3 is 3.00 bits per heavy atom. The predicted molar refractivity (Wildman–Crippen MR) is 74.1 cm³/mol. The maximum absolute atomic E-state index is 13.3. The molecule has 4 nitrogen and oxygen atoms in total. The monoisotopic (exact) mass is 281 g/mol. The fourth-order valence-corrected chi connectivity index (χ4v) is 2.63. The van der Waals surface area contributed by atoms with Crippen molar-refractivity contribution >= 4 is 11.7 Å². The molecule has 0 aliphatic heterocycles. The molecule has 1 fully saturated rings. The van der Waals surface area contributed by atoms with E-state index in [2.05, 4.69) is 5.32 Å². The molecular formula is C15H20FNO3. The molecule has 110 valence electrons. The predicted octanol–water partition coefficient (Wildman–Crippen LogP) is 3.07. The smallest absolute Gasteiger partial charge is 0.308 e. The molecular weight excluding hydrogens is 261 g/mol. The number of halogens is 1. The van der Waals surface area contributed by atoms with Crippen LogP contribution in [0, 0.1) is 11.7 Å². The van der Waals surface area contributed by atoms with Crippen molar-refractivity contribution in [2.45, 2.75) is 38.6 Å². The van der Waals surface area contributed by atoms with Crippen molar-refractivity contribution in [2.24, 2.45) is 5.92 Å². The summed E-state index contributed by atoms with van der Waals surface area (Å²) in [4.78, 5) is 11.8. The minimum absolute atomic E-state index is 0.0804. The Balaban J connectivity index is 1.95. The third kappa shape index (κ3) is 3.62. The highest BCUT2D eigenvalue weighted by Gasteiger charge is 2.28. The van der Waals surface area contributed by atoms with Crippen molar-refractivity contribution in [1.29, 1.82) is 0 Å². The Labute approximate surface area is 117 Å². The number of anilines is 1. The molecule has 5 heteroatoms. The van der Waals surface area contributed by atoms with Crippen LogP contribution in [0.5, 0.6) is 5.75 Å². The van der Waals surface area contributed by atoms with Crippen molar-refractivity contribution in [3.05, 3.63) is 24.0 Å². The van der Waals surface area contributed by atoms with E-state index in [0.717, 1.165) is 19.3 Å². The molecule has 1 aliphatic rings. The van der Waals surface area contributed by atoms with Crippen LogP contribution in [0.15, 0.2) is 18.2 Å². The number of esters is 1. The summed E-state index contributed by atoms with van der Waals surface area (Å²) in [5.74, 6) is -1.23. The molecule has 0 amide bonds. The number of aromatic hydroxyl groups is 1. The van der Waals surface area contributed by atoms with Gasteiger partial charge < -0.3 is 15.2 Å². The summed E-state index contributed by atoms with van der Waals surface area (Å²) in [5, 5.41) is 12.4. The minimum atomic E-state index is -0.646. The number of phenolic OH excluding ortho intramolecular Hbond substituents is 1. The summed E-state index contributed by atoms with van der Waals surface area (Å²) in [6.45, 7) is 2.20. The van der Waals surface area contributed by atoms with Gasteiger partial charge in [-0.1, -0.05) is 6.42 Å². The van der Waals surface area contributed by atoms with Gasteiger partial charge in [-0.2, -0.15) is 0 Å². The molecule has 0 radical (unpaired) electrons. The lowest BCUT2D eigenvalue weighted by Gasteiger charge is -2.29. The van der Waals surface area contributed by atoms with E-state index in [9.17, 15) is 9.18 Å². The van der Waals surface area contributed by atoms with Gasteiger partial charge in [-0.3, -0.25) is 4.79 Å². The van der Waals surface area contributed by atoms with E-state index in [1.807, 2.05) is 0 Å². The molecule has 0 bridgehead atoms. The largest absolute Gasteiger partial charge is 0.505 e. The minimum Gasteiger partial charge on any atom is -0.505 e. The summed E-state index contributed by atoms with van der Waals surface area (Å²) in [7, 11) is 0. The van der Waals surface area contributed by atoms with E-state index < -0.39 is 5.82 Å². The highest BCUT2D eigenvalue weighted by molar-refractivity contribution is 5.72. The molecule has 1 aromatic rings. The number of phenols is 1. The third-order valence-corrected chi connectivity index (χ3v) is 3.61. The second-order valence-corrected chi connectivity index (χ2v) is 5.12. The Kier molecular flexibility index (Phi) is 4.82. The highest BCUT2D eigenvalue weighted by Crippen LogP contribution is 2.28. The van der Waals surface area contributed by atoms with Crippen molar-refractivity contribution in [3.8, 4) is 5.75 Å². The number of hydrogen-bond acceptors (Lipinski definition) is 4. The van der Waals surface area contributed by atoms with E-state index in [0.29, 0.717) is 18.7 Å². The Hall–Kier alpha value is -1.78. The van der Waals surface area contributed by atoms with Crippen LogP contribution in [0.2, 0.25) is 0 Å². The van der Waals surface area contributed by atoms with Crippen LogP contribution in [0.25, 0.3) is 0 Å². The molecule has 2 N–H and O–H groups in total. The fraction of sp³-hybridized carbons (Fsp3) is 0.533. The number of hydrogen-bond donors (Lipinski definition) is 2. The van der Waals surface area contributed by atoms with E-state index in [4.69, 9.17) is 9.84 Å². The first kappa shape index (κ1) is 14.6. The van der Waals surface area contributed by atoms with Gasteiger partial charge in [0.2, 0.25) is 0 Å². The second kappa shape index (κ2) is 6.59. The lowest BCUT2D eigenvalue weighted by molar-refractivity contribution is -0.149. The van der Waals surface area contributed by atoms with E-state index in [1.165, 1.54) is 12.1 Å². The number of benzene rings is 1. The quantitative estimate of drug-likeness (QED) is 0.658. The molecule has 2 atom stereocenters. The van der Waals surface area contributed by atoms with E-state index >= 15 is 0 Å². The van der Waals surface area contributed by atoms with Gasteiger partial charge in [0, 0.05) is 17.8 Å². The maximum Gasteiger partial charge on any atom is 0.308 e. The molecule has 0 saturated heterocycles. The molecule has 1 saturated carbocycles. The first-order chi connectivity index (χ1) is 9.60. The zero-order valence-electron chi connectivity index (χ0n) is 11.6. The van der Waals surface area contributed by atoms with Crippen LogP contribution >= 0.6 is 0 Å². The first-order valence-electron chi connectivity index (χ1n) is 7.01. The third-order valence-electron chi connectivity index (χ3n) is 3.61. The van der Waals surface area contributed by atoms with Gasteiger partial charge >= 0.3 is 5.97 Å². The second-order valence-electron chi connectivity index (χ2n) is 5.12. The highest BCUT2D eigenvalue weighted by atomic mass is 19.1. The first-order valence-corrected chi connectivity index (χ1v) is 7.01. The molecule has 20 heavy (non-hydrogen) atoms. The van der Waals surface area contributed by atoms with Crippen molar-refractivity contribution in [1.82, 2.24) is 0 Å². The van der Waals surface area contributed by atoms with Crippen molar-refractivity contribution in [3.63, 3.8) is 0 Å². The molecule has 2 unspecified atom stereocenters. The van der Waals surface area contributed by atoms with E-state index in [1.54, 1.807) is 13.0 Å². The number of carbonyl (C=O) groups is 1. The Bertz CT molecular complexity index is 478. The summed E-state index contributed by atoms with van der Waals surface area (Å²) in [6.07, 6.45) is 3.43. The summed E-state index contributed by atoms with van der Waals surface area (Å²) >= 11 is 0. The summed E-state index contributed by atoms with van der Waals surface area (Å²) < 4.78 is 18.3. The molecule has 0 heterocycles. The normalized spacial score (nSPS) is 22.3. The maximum atomic E-state index is 13.3. The van der Waals surface area contributed by atoms with Gasteiger partial charge in [-0.15, -0.1) is 0 Å². The van der Waals surface area contributed by atoms with Gasteiger partial charge in [0.05, 0.1) is 12.5 Å². The van der Waals surface area contributed by atoms with Crippen LogP contribution < -0.4 is 5.32 Å².